The van der Waals surface area contributed by atoms with Gasteiger partial charge in [0, 0.05) is 6.54 Å². The van der Waals surface area contributed by atoms with Crippen LogP contribution in [0.2, 0.25) is 0 Å². The standard InChI is InChI=1S/C9H10BF3N.K/c11-10(12,13)5-4-8-2-1-3-9(6-8)7-14;/h1-6H,7,14H2;/q-1;+1/b5-4+;. The Kier molecular flexibility index (Phi) is 7.07. The first-order valence-corrected chi connectivity index (χ1v) is 4.19. The van der Waals surface area contributed by atoms with Crippen LogP contribution in [-0.2, 0) is 6.54 Å². The van der Waals surface area contributed by atoms with Crippen molar-refractivity contribution in [1.29, 1.82) is 0 Å². The van der Waals surface area contributed by atoms with E-state index >= 15 is 0 Å². The number of rotatable bonds is 3. The molecule has 6 heteroatoms. The average Bonchev–Trinajstić information content (AvgIpc) is 2.14. The Labute approximate surface area is 129 Å². The molecule has 0 bridgehead atoms. The van der Waals surface area contributed by atoms with E-state index in [0.717, 1.165) is 11.6 Å². The van der Waals surface area contributed by atoms with Crippen molar-refractivity contribution in [3.05, 3.63) is 41.4 Å². The zero-order chi connectivity index (χ0) is 10.6. The Hall–Kier alpha value is 0.411. The maximum atomic E-state index is 11.9. The van der Waals surface area contributed by atoms with E-state index in [1.807, 2.05) is 0 Å². The number of hydrogen-bond donors (Lipinski definition) is 1. The molecule has 1 aromatic rings. The zero-order valence-electron chi connectivity index (χ0n) is 8.46. The summed E-state index contributed by atoms with van der Waals surface area (Å²) in [6, 6.07) is 6.71. The quantitative estimate of drug-likeness (QED) is 0.710. The molecule has 0 heterocycles. The molecule has 0 saturated heterocycles. The number of benzene rings is 1. The van der Waals surface area contributed by atoms with Gasteiger partial charge in [-0.05, 0) is 11.1 Å². The molecule has 0 aliphatic heterocycles. The van der Waals surface area contributed by atoms with E-state index in [4.69, 9.17) is 5.73 Å². The Morgan fingerprint density at radius 1 is 1.27 bits per heavy atom. The Bertz CT molecular complexity index is 338. The molecule has 76 valence electrons. The normalized spacial score (nSPS) is 11.5. The van der Waals surface area contributed by atoms with Crippen LogP contribution in [0.4, 0.5) is 12.9 Å². The van der Waals surface area contributed by atoms with Gasteiger partial charge in [0.25, 0.3) is 0 Å². The van der Waals surface area contributed by atoms with Gasteiger partial charge in [0.2, 0.25) is 0 Å². The summed E-state index contributed by atoms with van der Waals surface area (Å²) in [5.74, 6) is 0.273. The summed E-state index contributed by atoms with van der Waals surface area (Å²) in [7, 11) is 0. The maximum absolute atomic E-state index is 11.9. The zero-order valence-corrected chi connectivity index (χ0v) is 11.6. The molecular formula is C9H10BF3KN. The molecule has 0 aromatic heterocycles. The largest absolute Gasteiger partial charge is 1.00 e. The fourth-order valence-electron chi connectivity index (χ4n) is 1.04. The van der Waals surface area contributed by atoms with Crippen LogP contribution in [0.3, 0.4) is 0 Å². The van der Waals surface area contributed by atoms with Crippen LogP contribution in [-0.4, -0.2) is 6.98 Å². The van der Waals surface area contributed by atoms with E-state index in [1.165, 1.54) is 0 Å². The molecule has 1 nitrogen and oxygen atoms in total. The summed E-state index contributed by atoms with van der Waals surface area (Å²) in [6.07, 6.45) is 1.05. The summed E-state index contributed by atoms with van der Waals surface area (Å²) in [5.41, 5.74) is 6.70. The Morgan fingerprint density at radius 2 is 1.93 bits per heavy atom. The van der Waals surface area contributed by atoms with Crippen LogP contribution in [0.5, 0.6) is 0 Å². The van der Waals surface area contributed by atoms with Gasteiger partial charge < -0.3 is 18.7 Å². The van der Waals surface area contributed by atoms with Gasteiger partial charge >= 0.3 is 58.4 Å². The molecule has 1 rings (SSSR count). The molecule has 0 saturated carbocycles. The van der Waals surface area contributed by atoms with E-state index in [-0.39, 0.29) is 57.4 Å². The first-order chi connectivity index (χ1) is 6.51. The van der Waals surface area contributed by atoms with E-state index in [1.54, 1.807) is 24.3 Å². The monoisotopic (exact) mass is 239 g/mol. The van der Waals surface area contributed by atoms with Gasteiger partial charge in [0.15, 0.2) is 0 Å². The molecule has 0 spiro atoms. The molecule has 2 N–H and O–H groups in total. The second kappa shape index (κ2) is 6.88. The molecule has 0 radical (unpaired) electrons. The summed E-state index contributed by atoms with van der Waals surface area (Å²) in [4.78, 5) is 0. The van der Waals surface area contributed by atoms with Crippen molar-refractivity contribution in [3.63, 3.8) is 0 Å². The van der Waals surface area contributed by atoms with Crippen molar-refractivity contribution < 1.29 is 64.3 Å². The molecule has 0 aliphatic carbocycles. The van der Waals surface area contributed by atoms with Crippen LogP contribution in [0.15, 0.2) is 30.2 Å². The fraction of sp³-hybridized carbons (Fsp3) is 0.111. The maximum Gasteiger partial charge on any atom is 1.00 e. The minimum absolute atomic E-state index is 0. The molecule has 0 aliphatic rings. The van der Waals surface area contributed by atoms with Gasteiger partial charge in [-0.1, -0.05) is 30.3 Å². The molecule has 0 amide bonds. The third kappa shape index (κ3) is 6.55. The van der Waals surface area contributed by atoms with Crippen LogP contribution >= 0.6 is 0 Å². The topological polar surface area (TPSA) is 26.0 Å². The van der Waals surface area contributed by atoms with Crippen LogP contribution in [0.25, 0.3) is 6.08 Å². The second-order valence-corrected chi connectivity index (χ2v) is 2.93. The van der Waals surface area contributed by atoms with E-state index in [0.29, 0.717) is 12.1 Å². The van der Waals surface area contributed by atoms with Gasteiger partial charge in [0.05, 0.1) is 0 Å². The van der Waals surface area contributed by atoms with Crippen LogP contribution < -0.4 is 57.1 Å². The van der Waals surface area contributed by atoms with Gasteiger partial charge in [-0.2, -0.15) is 0 Å². The summed E-state index contributed by atoms with van der Waals surface area (Å²) in [5, 5.41) is 0. The summed E-state index contributed by atoms with van der Waals surface area (Å²) >= 11 is 0. The van der Waals surface area contributed by atoms with Gasteiger partial charge in [-0.25, -0.2) is 0 Å². The third-order valence-electron chi connectivity index (χ3n) is 1.69. The second-order valence-electron chi connectivity index (χ2n) is 2.93. The van der Waals surface area contributed by atoms with Crippen LogP contribution in [0, 0.1) is 0 Å². The predicted octanol–water partition coefficient (Wildman–Crippen LogP) is -0.451. The molecule has 1 aromatic carbocycles. The van der Waals surface area contributed by atoms with E-state index < -0.39 is 6.98 Å². The minimum atomic E-state index is -4.86. The van der Waals surface area contributed by atoms with Crippen molar-refractivity contribution in [2.45, 2.75) is 6.54 Å². The number of halogens is 3. The Morgan fingerprint density at radius 3 is 2.47 bits per heavy atom. The first kappa shape index (κ1) is 15.4. The van der Waals surface area contributed by atoms with Crippen molar-refractivity contribution in [2.24, 2.45) is 5.73 Å². The summed E-state index contributed by atoms with van der Waals surface area (Å²) in [6.45, 7) is -4.52. The molecule has 0 fully saturated rings. The SMILES string of the molecule is NCc1cccc(/C=C/[B-](F)(F)F)c1.[K+]. The van der Waals surface area contributed by atoms with Crippen LogP contribution in [0.1, 0.15) is 11.1 Å². The van der Waals surface area contributed by atoms with Crippen molar-refractivity contribution in [2.75, 3.05) is 0 Å². The predicted molar refractivity (Wildman–Crippen MR) is 52.4 cm³/mol. The van der Waals surface area contributed by atoms with Crippen molar-refractivity contribution >= 4 is 13.1 Å². The van der Waals surface area contributed by atoms with E-state index in [2.05, 4.69) is 0 Å². The summed E-state index contributed by atoms with van der Waals surface area (Å²) < 4.78 is 35.6. The molecular weight excluding hydrogens is 229 g/mol. The van der Waals surface area contributed by atoms with Gasteiger partial charge in [-0.3, -0.25) is 0 Å². The third-order valence-corrected chi connectivity index (χ3v) is 1.69. The smallest absolute Gasteiger partial charge is 0.445 e. The van der Waals surface area contributed by atoms with Crippen molar-refractivity contribution in [1.82, 2.24) is 0 Å². The number of hydrogen-bond acceptors (Lipinski definition) is 1. The van der Waals surface area contributed by atoms with E-state index in [9.17, 15) is 12.9 Å². The average molecular weight is 239 g/mol. The van der Waals surface area contributed by atoms with Gasteiger partial charge in [0.1, 0.15) is 0 Å². The number of nitrogens with two attached hydrogens (primary N) is 1. The fourth-order valence-corrected chi connectivity index (χ4v) is 1.04. The molecule has 15 heavy (non-hydrogen) atoms. The molecule has 0 atom stereocenters. The minimum Gasteiger partial charge on any atom is -0.445 e. The van der Waals surface area contributed by atoms with Crippen molar-refractivity contribution in [3.8, 4) is 0 Å². The Balaban J connectivity index is 0.00000196. The first-order valence-electron chi connectivity index (χ1n) is 4.19. The molecule has 0 unspecified atom stereocenters. The van der Waals surface area contributed by atoms with Gasteiger partial charge in [-0.15, -0.1) is 5.98 Å².